The van der Waals surface area contributed by atoms with Crippen LogP contribution in [0.4, 0.5) is 13.2 Å². The zero-order valence-corrected chi connectivity index (χ0v) is 17.1. The number of benzene rings is 2. The lowest BCUT2D eigenvalue weighted by atomic mass is 9.81. The fourth-order valence-corrected chi connectivity index (χ4v) is 3.69. The number of carbonyl (C=O) groups is 1. The summed E-state index contributed by atoms with van der Waals surface area (Å²) in [5.41, 5.74) is 4.63. The van der Waals surface area contributed by atoms with Crippen LogP contribution in [-0.4, -0.2) is 40.9 Å². The smallest absolute Gasteiger partial charge is 0.419 e. The maximum atomic E-state index is 13.7. The minimum Gasteiger partial charge on any atom is -0.496 e. The van der Waals surface area contributed by atoms with Gasteiger partial charge >= 0.3 is 6.18 Å². The third kappa shape index (κ3) is 3.33. The third-order valence-corrected chi connectivity index (χ3v) is 5.30. The van der Waals surface area contributed by atoms with Crippen LogP contribution in [0.15, 0.2) is 66.0 Å². The zero-order chi connectivity index (χ0) is 23.1. The van der Waals surface area contributed by atoms with Crippen molar-refractivity contribution in [2.75, 3.05) is 14.2 Å². The van der Waals surface area contributed by atoms with E-state index in [4.69, 9.17) is 10.5 Å². The number of guanidine groups is 1. The topological polar surface area (TPSA) is 93.7 Å². The monoisotopic (exact) mass is 441 g/mol. The lowest BCUT2D eigenvalue weighted by Crippen LogP contribution is -2.41. The number of methoxy groups -OCH3 is 1. The van der Waals surface area contributed by atoms with Gasteiger partial charge in [-0.3, -0.25) is 19.7 Å². The van der Waals surface area contributed by atoms with Gasteiger partial charge in [-0.15, -0.1) is 0 Å². The van der Waals surface area contributed by atoms with Crippen LogP contribution in [0.25, 0.3) is 11.3 Å². The molecule has 0 aliphatic carbocycles. The summed E-state index contributed by atoms with van der Waals surface area (Å²) in [7, 11) is 2.57. The molecule has 1 amide bonds. The van der Waals surface area contributed by atoms with E-state index in [0.29, 0.717) is 16.8 Å². The number of aromatic nitrogens is 2. The number of likely N-dealkylation sites (N-methyl/N-ethyl adjacent to an activating group) is 1. The highest BCUT2D eigenvalue weighted by Crippen LogP contribution is 2.44. The van der Waals surface area contributed by atoms with Crippen molar-refractivity contribution in [2.24, 2.45) is 10.7 Å². The number of carbonyl (C=O) groups excluding carboxylic acids is 1. The minimum atomic E-state index is -4.70. The number of nitrogens with two attached hydrogens (primary N) is 1. The second kappa shape index (κ2) is 7.63. The van der Waals surface area contributed by atoms with Crippen molar-refractivity contribution in [3.8, 4) is 17.0 Å². The first kappa shape index (κ1) is 21.3. The highest BCUT2D eigenvalue weighted by molar-refractivity contribution is 6.09. The maximum Gasteiger partial charge on any atom is 0.419 e. The van der Waals surface area contributed by atoms with Crippen LogP contribution in [0.1, 0.15) is 16.7 Å². The van der Waals surface area contributed by atoms with Crippen molar-refractivity contribution in [1.82, 2.24) is 14.9 Å². The molecule has 0 fully saturated rings. The van der Waals surface area contributed by atoms with Crippen molar-refractivity contribution in [1.29, 1.82) is 0 Å². The molecule has 4 rings (SSSR count). The van der Waals surface area contributed by atoms with Gasteiger partial charge in [-0.2, -0.15) is 13.2 Å². The number of rotatable bonds is 4. The van der Waals surface area contributed by atoms with Gasteiger partial charge in [0.2, 0.25) is 0 Å². The van der Waals surface area contributed by atoms with Crippen LogP contribution in [0, 0.1) is 0 Å². The third-order valence-electron chi connectivity index (χ3n) is 5.30. The molecule has 2 N–H and O–H groups in total. The van der Waals surface area contributed by atoms with Crippen LogP contribution in [-0.2, 0) is 16.5 Å². The molecule has 1 aliphatic rings. The molecule has 10 heteroatoms. The lowest BCUT2D eigenvalue weighted by molar-refractivity contribution is -0.139. The van der Waals surface area contributed by atoms with Crippen molar-refractivity contribution in [3.63, 3.8) is 0 Å². The molecule has 32 heavy (non-hydrogen) atoms. The molecule has 1 aliphatic heterocycles. The second-order valence-electron chi connectivity index (χ2n) is 7.13. The minimum absolute atomic E-state index is 0.0132. The fraction of sp³-hybridized carbons (Fsp3) is 0.182. The zero-order valence-electron chi connectivity index (χ0n) is 17.1. The Kier molecular flexibility index (Phi) is 5.08. The predicted molar refractivity (Wildman–Crippen MR) is 111 cm³/mol. The van der Waals surface area contributed by atoms with Gasteiger partial charge in [-0.25, -0.2) is 4.99 Å². The Morgan fingerprint density at radius 2 is 1.84 bits per heavy atom. The number of alkyl halides is 3. The first-order valence-electron chi connectivity index (χ1n) is 9.44. The number of aliphatic imine (C=N–C) groups is 1. The summed E-state index contributed by atoms with van der Waals surface area (Å²) in [4.78, 5) is 27.2. The van der Waals surface area contributed by atoms with E-state index in [9.17, 15) is 18.0 Å². The summed E-state index contributed by atoms with van der Waals surface area (Å²) in [5.74, 6) is -1.05. The highest BCUT2D eigenvalue weighted by atomic mass is 19.4. The molecule has 0 radical (unpaired) electrons. The molecular formula is C22H18F3N5O2. The standard InChI is InChI=1S/C22H18F3N5O2/c1-30-19(31)21(29-20(30)26,15-6-7-18(32-2)16(11-15)22(23,24)25)14-5-3-4-13(10-14)17-12-27-8-9-28-17/h3-12H,1-2H3,(H2,26,29). The summed E-state index contributed by atoms with van der Waals surface area (Å²) in [5, 5.41) is 0. The Hall–Kier alpha value is -3.95. The summed E-state index contributed by atoms with van der Waals surface area (Å²) in [6, 6.07) is 10.1. The van der Waals surface area contributed by atoms with Gasteiger partial charge in [0.25, 0.3) is 5.91 Å². The molecule has 1 aromatic heterocycles. The first-order chi connectivity index (χ1) is 15.2. The van der Waals surface area contributed by atoms with Crippen LogP contribution in [0.2, 0.25) is 0 Å². The van der Waals surface area contributed by atoms with Gasteiger partial charge in [0.1, 0.15) is 5.75 Å². The maximum absolute atomic E-state index is 13.7. The molecule has 0 spiro atoms. The summed E-state index contributed by atoms with van der Waals surface area (Å²) >= 11 is 0. The van der Waals surface area contributed by atoms with Crippen LogP contribution < -0.4 is 10.5 Å². The molecule has 0 saturated carbocycles. The number of hydrogen-bond donors (Lipinski definition) is 1. The molecule has 1 atom stereocenters. The number of hydrogen-bond acceptors (Lipinski definition) is 6. The Morgan fingerprint density at radius 3 is 2.44 bits per heavy atom. The number of halogens is 3. The van der Waals surface area contributed by atoms with Gasteiger partial charge in [0.05, 0.1) is 24.6 Å². The van der Waals surface area contributed by atoms with Crippen LogP contribution in [0.5, 0.6) is 5.75 Å². The lowest BCUT2D eigenvalue weighted by Gasteiger charge is -2.27. The number of nitrogens with zero attached hydrogens (tertiary/aromatic N) is 4. The van der Waals surface area contributed by atoms with Crippen molar-refractivity contribution >= 4 is 11.9 Å². The molecule has 2 heterocycles. The average Bonchev–Trinajstić information content (AvgIpc) is 3.03. The van der Waals surface area contributed by atoms with Crippen molar-refractivity contribution in [3.05, 3.63) is 77.7 Å². The normalized spacial score (nSPS) is 18.6. The van der Waals surface area contributed by atoms with Gasteiger partial charge in [0.15, 0.2) is 11.5 Å². The molecule has 0 saturated heterocycles. The van der Waals surface area contributed by atoms with E-state index in [2.05, 4.69) is 15.0 Å². The van der Waals surface area contributed by atoms with Crippen LogP contribution >= 0.6 is 0 Å². The van der Waals surface area contributed by atoms with E-state index >= 15 is 0 Å². The van der Waals surface area contributed by atoms with E-state index in [0.717, 1.165) is 18.1 Å². The summed E-state index contributed by atoms with van der Waals surface area (Å²) < 4.78 is 46.0. The largest absolute Gasteiger partial charge is 0.496 e. The summed E-state index contributed by atoms with van der Waals surface area (Å²) in [6.07, 6.45) is -0.124. The Bertz CT molecular complexity index is 1210. The molecule has 3 aromatic rings. The summed E-state index contributed by atoms with van der Waals surface area (Å²) in [6.45, 7) is 0. The van der Waals surface area contributed by atoms with Gasteiger partial charge in [-0.05, 0) is 29.3 Å². The Balaban J connectivity index is 1.98. The van der Waals surface area contributed by atoms with E-state index in [1.807, 2.05) is 0 Å². The quantitative estimate of drug-likeness (QED) is 0.671. The van der Waals surface area contributed by atoms with Crippen molar-refractivity contribution in [2.45, 2.75) is 11.7 Å². The van der Waals surface area contributed by atoms with Gasteiger partial charge < -0.3 is 10.5 Å². The van der Waals surface area contributed by atoms with Crippen molar-refractivity contribution < 1.29 is 22.7 Å². The number of ether oxygens (including phenoxy) is 1. The molecule has 7 nitrogen and oxygen atoms in total. The SMILES string of the molecule is COc1ccc(C2(c3cccc(-c4cnccn4)c3)N=C(N)N(C)C2=O)cc1C(F)(F)F. The van der Waals surface area contributed by atoms with E-state index in [1.54, 1.807) is 30.5 Å². The number of amides is 1. The Morgan fingerprint density at radius 1 is 1.09 bits per heavy atom. The van der Waals surface area contributed by atoms with E-state index in [1.165, 1.54) is 31.6 Å². The average molecular weight is 441 g/mol. The molecule has 0 bridgehead atoms. The predicted octanol–water partition coefficient (Wildman–Crippen LogP) is 3.20. The molecule has 2 aromatic carbocycles. The second-order valence-corrected chi connectivity index (χ2v) is 7.13. The Labute approximate surface area is 181 Å². The van der Waals surface area contributed by atoms with E-state index in [-0.39, 0.29) is 17.3 Å². The molecule has 164 valence electrons. The molecule has 1 unspecified atom stereocenters. The molecular weight excluding hydrogens is 423 g/mol. The fourth-order valence-electron chi connectivity index (χ4n) is 3.69. The highest BCUT2D eigenvalue weighted by Gasteiger charge is 2.50. The van der Waals surface area contributed by atoms with Gasteiger partial charge in [0, 0.05) is 25.0 Å². The first-order valence-corrected chi connectivity index (χ1v) is 9.44. The van der Waals surface area contributed by atoms with Crippen LogP contribution in [0.3, 0.4) is 0 Å². The van der Waals surface area contributed by atoms with Gasteiger partial charge in [-0.1, -0.05) is 24.3 Å². The van der Waals surface area contributed by atoms with E-state index < -0.39 is 23.2 Å².